The Kier molecular flexibility index (Phi) is 7.69. The second-order valence-electron chi connectivity index (χ2n) is 7.99. The fourth-order valence-electron chi connectivity index (χ4n) is 4.08. The van der Waals surface area contributed by atoms with E-state index in [-0.39, 0.29) is 42.6 Å². The highest BCUT2D eigenvalue weighted by molar-refractivity contribution is 9.10. The number of likely N-dealkylation sites (N-methyl/N-ethyl adjacent to an activating group) is 1. The number of piperidine rings is 1. The van der Waals surface area contributed by atoms with Crippen LogP contribution in [0.3, 0.4) is 0 Å². The molecule has 0 spiro atoms. The molecule has 0 aromatic heterocycles. The molecule has 0 aliphatic carbocycles. The van der Waals surface area contributed by atoms with Crippen LogP contribution in [0.4, 0.5) is 5.69 Å². The molecular weight excluding hydrogens is 466 g/mol. The molecule has 1 aromatic rings. The lowest BCUT2D eigenvalue weighted by Gasteiger charge is -2.32. The minimum Gasteiger partial charge on any atom is -0.466 e. The van der Waals surface area contributed by atoms with Gasteiger partial charge in [-0.05, 0) is 38.0 Å². The van der Waals surface area contributed by atoms with E-state index < -0.39 is 5.92 Å². The summed E-state index contributed by atoms with van der Waals surface area (Å²) in [5.74, 6) is -1.30. The summed E-state index contributed by atoms with van der Waals surface area (Å²) in [5.41, 5.74) is 0.748. The largest absolute Gasteiger partial charge is 0.466 e. The molecule has 2 heterocycles. The third-order valence-electron chi connectivity index (χ3n) is 5.81. The van der Waals surface area contributed by atoms with E-state index in [2.05, 4.69) is 15.9 Å². The Morgan fingerprint density at radius 3 is 2.55 bits per heavy atom. The summed E-state index contributed by atoms with van der Waals surface area (Å²) in [6.07, 6.45) is 1.27. The van der Waals surface area contributed by atoms with E-state index in [1.165, 1.54) is 4.90 Å². The number of nitrogens with zero attached hydrogens (tertiary/aromatic N) is 3. The van der Waals surface area contributed by atoms with Crippen LogP contribution in [0.2, 0.25) is 0 Å². The number of ether oxygens (including phenoxy) is 1. The van der Waals surface area contributed by atoms with Gasteiger partial charge in [0, 0.05) is 43.3 Å². The van der Waals surface area contributed by atoms with Gasteiger partial charge in [0.2, 0.25) is 17.7 Å². The van der Waals surface area contributed by atoms with Gasteiger partial charge in [-0.25, -0.2) is 0 Å². The van der Waals surface area contributed by atoms with Crippen molar-refractivity contribution in [2.45, 2.75) is 26.2 Å². The number of halogens is 1. The third-order valence-corrected chi connectivity index (χ3v) is 6.30. The first-order valence-corrected chi connectivity index (χ1v) is 11.3. The van der Waals surface area contributed by atoms with E-state index in [0.29, 0.717) is 39.1 Å². The highest BCUT2D eigenvalue weighted by atomic mass is 79.9. The van der Waals surface area contributed by atoms with Gasteiger partial charge in [0.1, 0.15) is 0 Å². The van der Waals surface area contributed by atoms with Crippen LogP contribution in [-0.2, 0) is 23.9 Å². The average molecular weight is 494 g/mol. The summed E-state index contributed by atoms with van der Waals surface area (Å²) in [5, 5.41) is 0. The van der Waals surface area contributed by atoms with Crippen molar-refractivity contribution >= 4 is 45.3 Å². The summed E-state index contributed by atoms with van der Waals surface area (Å²) in [7, 11) is 1.60. The zero-order valence-electron chi connectivity index (χ0n) is 17.9. The molecule has 168 valence electrons. The molecule has 2 saturated heterocycles. The van der Waals surface area contributed by atoms with Crippen molar-refractivity contribution in [2.75, 3.05) is 44.7 Å². The van der Waals surface area contributed by atoms with Crippen LogP contribution in [0.1, 0.15) is 26.2 Å². The maximum atomic E-state index is 12.9. The maximum Gasteiger partial charge on any atom is 0.309 e. The van der Waals surface area contributed by atoms with E-state index in [1.807, 2.05) is 24.3 Å². The van der Waals surface area contributed by atoms with Crippen LogP contribution < -0.4 is 4.90 Å². The number of carbonyl (C=O) groups is 4. The van der Waals surface area contributed by atoms with Crippen LogP contribution in [0.15, 0.2) is 28.7 Å². The number of esters is 1. The van der Waals surface area contributed by atoms with E-state index in [4.69, 9.17) is 4.74 Å². The molecule has 0 radical (unpaired) electrons. The number of benzene rings is 1. The van der Waals surface area contributed by atoms with Crippen molar-refractivity contribution in [1.29, 1.82) is 0 Å². The number of rotatable bonds is 6. The molecule has 0 N–H and O–H groups in total. The molecule has 2 fully saturated rings. The van der Waals surface area contributed by atoms with Gasteiger partial charge in [-0.1, -0.05) is 22.0 Å². The average Bonchev–Trinajstić information content (AvgIpc) is 3.15. The molecule has 8 nitrogen and oxygen atoms in total. The first-order chi connectivity index (χ1) is 14.8. The van der Waals surface area contributed by atoms with Crippen molar-refractivity contribution in [3.05, 3.63) is 28.7 Å². The molecule has 31 heavy (non-hydrogen) atoms. The van der Waals surface area contributed by atoms with Crippen molar-refractivity contribution in [2.24, 2.45) is 11.8 Å². The Hall–Kier alpha value is -2.42. The third kappa shape index (κ3) is 5.64. The topological polar surface area (TPSA) is 87.2 Å². The Bertz CT molecular complexity index is 853. The van der Waals surface area contributed by atoms with Gasteiger partial charge in [-0.3, -0.25) is 19.2 Å². The quantitative estimate of drug-likeness (QED) is 0.566. The van der Waals surface area contributed by atoms with Crippen LogP contribution >= 0.6 is 15.9 Å². The van der Waals surface area contributed by atoms with Gasteiger partial charge in [-0.2, -0.15) is 0 Å². The SMILES string of the molecule is CCOC(=O)C1CCN(C(=O)CN(C)C(=O)C2CC(=O)N(c3cccc(Br)c3)C2)CC1. The minimum absolute atomic E-state index is 0.0372. The molecule has 3 rings (SSSR count). The summed E-state index contributed by atoms with van der Waals surface area (Å²) < 4.78 is 5.92. The zero-order valence-corrected chi connectivity index (χ0v) is 19.5. The lowest BCUT2D eigenvalue weighted by Crippen LogP contribution is -2.46. The second kappa shape index (κ2) is 10.3. The van der Waals surface area contributed by atoms with E-state index >= 15 is 0 Å². The molecule has 1 atom stereocenters. The monoisotopic (exact) mass is 493 g/mol. The Balaban J connectivity index is 1.51. The molecule has 0 saturated carbocycles. The van der Waals surface area contributed by atoms with Gasteiger partial charge in [0.05, 0.1) is 25.0 Å². The van der Waals surface area contributed by atoms with Crippen molar-refractivity contribution in [1.82, 2.24) is 9.80 Å². The first kappa shape index (κ1) is 23.2. The van der Waals surface area contributed by atoms with Crippen LogP contribution in [-0.4, -0.2) is 73.3 Å². The Labute approximate surface area is 190 Å². The van der Waals surface area contributed by atoms with Crippen molar-refractivity contribution in [3.63, 3.8) is 0 Å². The van der Waals surface area contributed by atoms with E-state index in [0.717, 1.165) is 10.2 Å². The van der Waals surface area contributed by atoms with Gasteiger partial charge >= 0.3 is 5.97 Å². The normalized spacial score (nSPS) is 19.5. The molecule has 1 aromatic carbocycles. The van der Waals surface area contributed by atoms with E-state index in [1.54, 1.807) is 23.8 Å². The summed E-state index contributed by atoms with van der Waals surface area (Å²) in [4.78, 5) is 54.5. The number of hydrogen-bond donors (Lipinski definition) is 0. The summed E-state index contributed by atoms with van der Waals surface area (Å²) in [6, 6.07) is 7.40. The van der Waals surface area contributed by atoms with Crippen LogP contribution in [0, 0.1) is 11.8 Å². The highest BCUT2D eigenvalue weighted by Gasteiger charge is 2.37. The number of anilines is 1. The molecule has 2 aliphatic heterocycles. The summed E-state index contributed by atoms with van der Waals surface area (Å²) >= 11 is 3.40. The van der Waals surface area contributed by atoms with Crippen LogP contribution in [0.25, 0.3) is 0 Å². The molecule has 9 heteroatoms. The van der Waals surface area contributed by atoms with Gasteiger partial charge in [0.25, 0.3) is 0 Å². The standard InChI is InChI=1S/C22H28BrN3O5/c1-3-31-22(30)15-7-9-25(10-8-15)20(28)14-24(2)21(29)16-11-19(27)26(13-16)18-6-4-5-17(23)12-18/h4-6,12,15-16H,3,7-11,13-14H2,1-2H3. The number of hydrogen-bond acceptors (Lipinski definition) is 5. The molecular formula is C22H28BrN3O5. The summed E-state index contributed by atoms with van der Waals surface area (Å²) in [6.45, 7) is 3.35. The van der Waals surface area contributed by atoms with Crippen LogP contribution in [0.5, 0.6) is 0 Å². The van der Waals surface area contributed by atoms with Gasteiger partial charge in [-0.15, -0.1) is 0 Å². The smallest absolute Gasteiger partial charge is 0.309 e. The maximum absolute atomic E-state index is 12.9. The predicted molar refractivity (Wildman–Crippen MR) is 118 cm³/mol. The minimum atomic E-state index is -0.473. The van der Waals surface area contributed by atoms with Crippen molar-refractivity contribution < 1.29 is 23.9 Å². The zero-order chi connectivity index (χ0) is 22.5. The number of amides is 3. The first-order valence-electron chi connectivity index (χ1n) is 10.6. The van der Waals surface area contributed by atoms with Gasteiger partial charge in [0.15, 0.2) is 0 Å². The molecule has 3 amide bonds. The lowest BCUT2D eigenvalue weighted by molar-refractivity contribution is -0.151. The van der Waals surface area contributed by atoms with Crippen molar-refractivity contribution in [3.8, 4) is 0 Å². The molecule has 0 bridgehead atoms. The predicted octanol–water partition coefficient (Wildman–Crippen LogP) is 2.06. The fourth-order valence-corrected chi connectivity index (χ4v) is 4.47. The Morgan fingerprint density at radius 1 is 1.19 bits per heavy atom. The number of likely N-dealkylation sites (tertiary alicyclic amines) is 1. The second-order valence-corrected chi connectivity index (χ2v) is 8.90. The Morgan fingerprint density at radius 2 is 1.90 bits per heavy atom. The number of carbonyl (C=O) groups excluding carboxylic acids is 4. The van der Waals surface area contributed by atoms with E-state index in [9.17, 15) is 19.2 Å². The fraction of sp³-hybridized carbons (Fsp3) is 0.545. The van der Waals surface area contributed by atoms with Gasteiger partial charge < -0.3 is 19.4 Å². The lowest BCUT2D eigenvalue weighted by atomic mass is 9.97. The highest BCUT2D eigenvalue weighted by Crippen LogP contribution is 2.28. The molecule has 2 aliphatic rings. The molecule has 1 unspecified atom stereocenters.